The highest BCUT2D eigenvalue weighted by Crippen LogP contribution is 2.24. The molecular formula is C14H23NO2. The lowest BCUT2D eigenvalue weighted by molar-refractivity contribution is -0.138. The number of ketones is 1. The standard InChI is InChI=1S/C14H23NO2/c16-13-8-10-15(11-9-13)14(17)12-6-4-2-1-3-5-7-12/h12H,1-11H2. The Bertz CT molecular complexity index is 270. The molecule has 0 radical (unpaired) electrons. The van der Waals surface area contributed by atoms with Crippen molar-refractivity contribution in [2.24, 2.45) is 5.92 Å². The number of carbonyl (C=O) groups excluding carboxylic acids is 2. The third kappa shape index (κ3) is 3.55. The van der Waals surface area contributed by atoms with Crippen LogP contribution in [0.4, 0.5) is 0 Å². The first-order valence-corrected chi connectivity index (χ1v) is 7.08. The van der Waals surface area contributed by atoms with Crippen molar-refractivity contribution in [1.29, 1.82) is 0 Å². The van der Waals surface area contributed by atoms with Crippen LogP contribution in [0.5, 0.6) is 0 Å². The van der Waals surface area contributed by atoms with Gasteiger partial charge in [-0.1, -0.05) is 32.1 Å². The van der Waals surface area contributed by atoms with E-state index in [2.05, 4.69) is 0 Å². The van der Waals surface area contributed by atoms with Crippen molar-refractivity contribution >= 4 is 11.7 Å². The van der Waals surface area contributed by atoms with Crippen LogP contribution in [0.15, 0.2) is 0 Å². The molecule has 17 heavy (non-hydrogen) atoms. The Labute approximate surface area is 104 Å². The molecule has 0 aromatic carbocycles. The van der Waals surface area contributed by atoms with Gasteiger partial charge in [0.1, 0.15) is 5.78 Å². The summed E-state index contributed by atoms with van der Waals surface area (Å²) in [5.41, 5.74) is 0. The highest BCUT2D eigenvalue weighted by Gasteiger charge is 2.27. The average Bonchev–Trinajstić information content (AvgIpc) is 2.29. The third-order valence-corrected chi connectivity index (χ3v) is 4.09. The molecule has 2 fully saturated rings. The van der Waals surface area contributed by atoms with Crippen LogP contribution in [0.25, 0.3) is 0 Å². The first-order valence-electron chi connectivity index (χ1n) is 7.08. The van der Waals surface area contributed by atoms with Crippen molar-refractivity contribution in [1.82, 2.24) is 4.90 Å². The Morgan fingerprint density at radius 3 is 2.06 bits per heavy atom. The zero-order chi connectivity index (χ0) is 12.1. The molecule has 1 amide bonds. The van der Waals surface area contributed by atoms with Crippen LogP contribution in [-0.4, -0.2) is 29.7 Å². The monoisotopic (exact) mass is 237 g/mol. The van der Waals surface area contributed by atoms with E-state index in [0.29, 0.717) is 37.6 Å². The molecule has 1 saturated heterocycles. The molecule has 0 unspecified atom stereocenters. The molecule has 96 valence electrons. The molecule has 1 aliphatic carbocycles. The maximum Gasteiger partial charge on any atom is 0.225 e. The van der Waals surface area contributed by atoms with Gasteiger partial charge in [-0.3, -0.25) is 9.59 Å². The highest BCUT2D eigenvalue weighted by molar-refractivity contribution is 5.84. The molecule has 0 spiro atoms. The van der Waals surface area contributed by atoms with Gasteiger partial charge in [0.25, 0.3) is 0 Å². The summed E-state index contributed by atoms with van der Waals surface area (Å²) in [5, 5.41) is 0. The van der Waals surface area contributed by atoms with Crippen molar-refractivity contribution in [2.45, 2.75) is 57.8 Å². The van der Waals surface area contributed by atoms with Gasteiger partial charge >= 0.3 is 0 Å². The quantitative estimate of drug-likeness (QED) is 0.703. The smallest absolute Gasteiger partial charge is 0.225 e. The second kappa shape index (κ2) is 6.18. The summed E-state index contributed by atoms with van der Waals surface area (Å²) in [6.45, 7) is 1.32. The van der Waals surface area contributed by atoms with Gasteiger partial charge in [-0.15, -0.1) is 0 Å². The van der Waals surface area contributed by atoms with Gasteiger partial charge in [0.15, 0.2) is 0 Å². The summed E-state index contributed by atoms with van der Waals surface area (Å²) in [7, 11) is 0. The Morgan fingerprint density at radius 2 is 1.47 bits per heavy atom. The topological polar surface area (TPSA) is 37.4 Å². The second-order valence-corrected chi connectivity index (χ2v) is 5.41. The summed E-state index contributed by atoms with van der Waals surface area (Å²) < 4.78 is 0. The van der Waals surface area contributed by atoms with E-state index in [4.69, 9.17) is 0 Å². The minimum Gasteiger partial charge on any atom is -0.342 e. The van der Waals surface area contributed by atoms with E-state index < -0.39 is 0 Å². The largest absolute Gasteiger partial charge is 0.342 e. The van der Waals surface area contributed by atoms with Gasteiger partial charge in [0.05, 0.1) is 0 Å². The minimum atomic E-state index is 0.239. The molecule has 0 atom stereocenters. The zero-order valence-corrected chi connectivity index (χ0v) is 10.6. The van der Waals surface area contributed by atoms with Gasteiger partial charge in [-0.05, 0) is 12.8 Å². The van der Waals surface area contributed by atoms with Crippen molar-refractivity contribution in [3.8, 4) is 0 Å². The lowest BCUT2D eigenvalue weighted by atomic mass is 9.89. The van der Waals surface area contributed by atoms with Crippen LogP contribution >= 0.6 is 0 Å². The number of rotatable bonds is 1. The minimum absolute atomic E-state index is 0.239. The fourth-order valence-electron chi connectivity index (χ4n) is 2.94. The molecule has 0 N–H and O–H groups in total. The summed E-state index contributed by atoms with van der Waals surface area (Å²) in [5.74, 6) is 0.870. The first kappa shape index (κ1) is 12.6. The van der Waals surface area contributed by atoms with Gasteiger partial charge in [-0.2, -0.15) is 0 Å². The summed E-state index contributed by atoms with van der Waals surface area (Å²) in [6, 6.07) is 0. The van der Waals surface area contributed by atoms with Crippen LogP contribution in [0.3, 0.4) is 0 Å². The fourth-order valence-corrected chi connectivity index (χ4v) is 2.94. The number of hydrogen-bond donors (Lipinski definition) is 0. The maximum atomic E-state index is 12.3. The van der Waals surface area contributed by atoms with Gasteiger partial charge in [0, 0.05) is 31.8 Å². The predicted molar refractivity (Wildman–Crippen MR) is 66.6 cm³/mol. The second-order valence-electron chi connectivity index (χ2n) is 5.41. The van der Waals surface area contributed by atoms with Crippen LogP contribution in [-0.2, 0) is 9.59 Å². The maximum absolute atomic E-state index is 12.3. The average molecular weight is 237 g/mol. The predicted octanol–water partition coefficient (Wildman–Crippen LogP) is 2.54. The van der Waals surface area contributed by atoms with Crippen LogP contribution in [0.1, 0.15) is 57.8 Å². The normalized spacial score (nSPS) is 24.2. The molecule has 1 heterocycles. The van der Waals surface area contributed by atoms with Crippen LogP contribution in [0.2, 0.25) is 0 Å². The van der Waals surface area contributed by atoms with E-state index in [1.54, 1.807) is 0 Å². The fraction of sp³-hybridized carbons (Fsp3) is 0.857. The van der Waals surface area contributed by atoms with E-state index >= 15 is 0 Å². The molecule has 3 heteroatoms. The number of amides is 1. The molecule has 0 aromatic heterocycles. The van der Waals surface area contributed by atoms with E-state index in [1.807, 2.05) is 4.90 Å². The van der Waals surface area contributed by atoms with Crippen molar-refractivity contribution in [3.05, 3.63) is 0 Å². The Balaban J connectivity index is 1.86. The van der Waals surface area contributed by atoms with Gasteiger partial charge in [0.2, 0.25) is 5.91 Å². The Morgan fingerprint density at radius 1 is 0.941 bits per heavy atom. The van der Waals surface area contributed by atoms with Gasteiger partial charge < -0.3 is 4.90 Å². The zero-order valence-electron chi connectivity index (χ0n) is 10.6. The highest BCUT2D eigenvalue weighted by atomic mass is 16.2. The molecule has 2 rings (SSSR count). The van der Waals surface area contributed by atoms with Crippen LogP contribution < -0.4 is 0 Å². The number of carbonyl (C=O) groups is 2. The first-order chi connectivity index (χ1) is 8.27. The van der Waals surface area contributed by atoms with Crippen molar-refractivity contribution in [3.63, 3.8) is 0 Å². The molecule has 0 bridgehead atoms. The third-order valence-electron chi connectivity index (χ3n) is 4.09. The molecular weight excluding hydrogens is 214 g/mol. The van der Waals surface area contributed by atoms with E-state index in [9.17, 15) is 9.59 Å². The number of likely N-dealkylation sites (tertiary alicyclic amines) is 1. The number of nitrogens with zero attached hydrogens (tertiary/aromatic N) is 1. The molecule has 1 saturated carbocycles. The SMILES string of the molecule is O=C1CCN(C(=O)C2CCCCCCC2)CC1. The Hall–Kier alpha value is -0.860. The number of hydrogen-bond acceptors (Lipinski definition) is 2. The lowest BCUT2D eigenvalue weighted by Gasteiger charge is -2.30. The van der Waals surface area contributed by atoms with Gasteiger partial charge in [-0.25, -0.2) is 0 Å². The molecule has 2 aliphatic rings. The van der Waals surface area contributed by atoms with E-state index in [1.165, 1.54) is 32.1 Å². The van der Waals surface area contributed by atoms with E-state index in [0.717, 1.165) is 12.8 Å². The number of piperidine rings is 1. The molecule has 3 nitrogen and oxygen atoms in total. The lowest BCUT2D eigenvalue weighted by Crippen LogP contribution is -2.42. The molecule has 0 aromatic rings. The Kier molecular flexibility index (Phi) is 4.57. The number of Topliss-reactive ketones (excluding diaryl/α,β-unsaturated/α-hetero) is 1. The van der Waals surface area contributed by atoms with Crippen LogP contribution in [0, 0.1) is 5.92 Å². The summed E-state index contributed by atoms with van der Waals surface area (Å²) in [6.07, 6.45) is 9.54. The van der Waals surface area contributed by atoms with Crippen molar-refractivity contribution in [2.75, 3.05) is 13.1 Å². The van der Waals surface area contributed by atoms with Crippen molar-refractivity contribution < 1.29 is 9.59 Å². The summed E-state index contributed by atoms with van der Waals surface area (Å²) in [4.78, 5) is 25.4. The summed E-state index contributed by atoms with van der Waals surface area (Å²) >= 11 is 0. The van der Waals surface area contributed by atoms with E-state index in [-0.39, 0.29) is 5.92 Å². The molecule has 1 aliphatic heterocycles.